The van der Waals surface area contributed by atoms with E-state index in [2.05, 4.69) is 41.8 Å². The second-order valence-electron chi connectivity index (χ2n) is 3.90. The van der Waals surface area contributed by atoms with Crippen LogP contribution in [0.4, 0.5) is 0 Å². The van der Waals surface area contributed by atoms with Crippen LogP contribution in [0.15, 0.2) is 27.6 Å². The van der Waals surface area contributed by atoms with Crippen molar-refractivity contribution in [2.75, 3.05) is 0 Å². The molecule has 0 saturated heterocycles. The van der Waals surface area contributed by atoms with E-state index in [0.717, 1.165) is 11.4 Å². The van der Waals surface area contributed by atoms with Crippen LogP contribution in [-0.2, 0) is 0 Å². The SMILES string of the molecule is C=N/C(=N\N=C(/N)c1ncc(C)[nH]1)c1ncc(C)[nH]1. The van der Waals surface area contributed by atoms with Crippen molar-refractivity contribution in [2.24, 2.45) is 20.9 Å². The van der Waals surface area contributed by atoms with Gasteiger partial charge in [-0.1, -0.05) is 0 Å². The number of aromatic nitrogens is 4. The summed E-state index contributed by atoms with van der Waals surface area (Å²) in [6.07, 6.45) is 3.32. The van der Waals surface area contributed by atoms with Crippen LogP contribution >= 0.6 is 0 Å². The number of H-pyrrole nitrogens is 2. The Balaban J connectivity index is 2.26. The fraction of sp³-hybridized carbons (Fsp3) is 0.182. The van der Waals surface area contributed by atoms with Crippen LogP contribution < -0.4 is 5.73 Å². The highest BCUT2D eigenvalue weighted by Gasteiger charge is 2.06. The van der Waals surface area contributed by atoms with Gasteiger partial charge in [-0.2, -0.15) is 0 Å². The Morgan fingerprint density at radius 3 is 2.16 bits per heavy atom. The average molecular weight is 258 g/mol. The van der Waals surface area contributed by atoms with Crippen molar-refractivity contribution in [3.05, 3.63) is 35.4 Å². The lowest BCUT2D eigenvalue weighted by molar-refractivity contribution is 1.13. The quantitative estimate of drug-likeness (QED) is 0.422. The standard InChI is InChI=1S/C11H14N8/c1-6-4-14-9(16-6)8(12)18-19-10(13-3)11-15-5-7(2)17-11/h4-5H,3H2,1-2H3,(H2,12,18)(H,14,16)(H,15,17)/b19-10-. The molecule has 0 aliphatic heterocycles. The number of rotatable bonds is 3. The van der Waals surface area contributed by atoms with Gasteiger partial charge in [-0.15, -0.1) is 10.2 Å². The molecule has 4 N–H and O–H groups in total. The third kappa shape index (κ3) is 2.92. The van der Waals surface area contributed by atoms with Crippen molar-refractivity contribution in [3.63, 3.8) is 0 Å². The van der Waals surface area contributed by atoms with Gasteiger partial charge in [0, 0.05) is 23.8 Å². The van der Waals surface area contributed by atoms with Crippen LogP contribution in [0.2, 0.25) is 0 Å². The summed E-state index contributed by atoms with van der Waals surface area (Å²) in [5.74, 6) is 1.37. The Kier molecular flexibility index (Phi) is 3.51. The predicted octanol–water partition coefficient (Wildman–Crippen LogP) is 0.517. The molecule has 0 fully saturated rings. The molecule has 0 spiro atoms. The molecule has 0 radical (unpaired) electrons. The van der Waals surface area contributed by atoms with Gasteiger partial charge < -0.3 is 15.7 Å². The first kappa shape index (κ1) is 12.7. The lowest BCUT2D eigenvalue weighted by Gasteiger charge is -1.94. The zero-order chi connectivity index (χ0) is 13.8. The van der Waals surface area contributed by atoms with E-state index in [4.69, 9.17) is 5.73 Å². The molecule has 0 amide bonds. The summed E-state index contributed by atoms with van der Waals surface area (Å²) in [6.45, 7) is 7.17. The number of imidazole rings is 2. The Morgan fingerprint density at radius 1 is 1.11 bits per heavy atom. The molecule has 19 heavy (non-hydrogen) atoms. The highest BCUT2D eigenvalue weighted by Crippen LogP contribution is 2.00. The molecule has 98 valence electrons. The number of nitrogens with one attached hydrogen (secondary N) is 2. The molecule has 0 saturated carbocycles. The van der Waals surface area contributed by atoms with Gasteiger partial charge in [-0.05, 0) is 20.6 Å². The molecule has 0 aliphatic rings. The van der Waals surface area contributed by atoms with E-state index < -0.39 is 0 Å². The van der Waals surface area contributed by atoms with E-state index in [1.165, 1.54) is 0 Å². The molecular formula is C11H14N8. The van der Waals surface area contributed by atoms with Gasteiger partial charge in [-0.3, -0.25) is 0 Å². The number of aromatic amines is 2. The van der Waals surface area contributed by atoms with Crippen LogP contribution in [0.3, 0.4) is 0 Å². The molecular weight excluding hydrogens is 244 g/mol. The number of amidine groups is 2. The van der Waals surface area contributed by atoms with Gasteiger partial charge in [0.15, 0.2) is 17.5 Å². The predicted molar refractivity (Wildman–Crippen MR) is 73.5 cm³/mol. The van der Waals surface area contributed by atoms with E-state index in [-0.39, 0.29) is 11.7 Å². The molecule has 0 aliphatic carbocycles. The Hall–Kier alpha value is -2.77. The van der Waals surface area contributed by atoms with E-state index in [9.17, 15) is 0 Å². The minimum atomic E-state index is 0.164. The van der Waals surface area contributed by atoms with Crippen molar-refractivity contribution >= 4 is 18.4 Å². The molecule has 2 heterocycles. The van der Waals surface area contributed by atoms with E-state index in [1.54, 1.807) is 12.4 Å². The van der Waals surface area contributed by atoms with Gasteiger partial charge in [0.25, 0.3) is 0 Å². The monoisotopic (exact) mass is 258 g/mol. The largest absolute Gasteiger partial charge is 0.379 e. The van der Waals surface area contributed by atoms with Crippen molar-refractivity contribution in [2.45, 2.75) is 13.8 Å². The maximum atomic E-state index is 5.75. The highest BCUT2D eigenvalue weighted by molar-refractivity contribution is 5.99. The first-order valence-electron chi connectivity index (χ1n) is 5.52. The number of aliphatic imine (C=N–C) groups is 1. The highest BCUT2D eigenvalue weighted by atomic mass is 15.3. The van der Waals surface area contributed by atoms with Gasteiger partial charge in [-0.25, -0.2) is 15.0 Å². The molecule has 8 nitrogen and oxygen atoms in total. The van der Waals surface area contributed by atoms with Crippen molar-refractivity contribution in [1.29, 1.82) is 0 Å². The normalized spacial score (nSPS) is 12.7. The number of hydrogen-bond acceptors (Lipinski definition) is 4. The van der Waals surface area contributed by atoms with E-state index in [1.807, 2.05) is 13.8 Å². The van der Waals surface area contributed by atoms with Gasteiger partial charge >= 0.3 is 0 Å². The lowest BCUT2D eigenvalue weighted by atomic mass is 10.5. The number of hydrogen-bond donors (Lipinski definition) is 3. The second kappa shape index (κ2) is 5.25. The zero-order valence-electron chi connectivity index (χ0n) is 10.7. The molecule has 0 bridgehead atoms. The maximum Gasteiger partial charge on any atom is 0.217 e. The van der Waals surface area contributed by atoms with Crippen LogP contribution in [0, 0.1) is 13.8 Å². The summed E-state index contributed by atoms with van der Waals surface area (Å²) in [4.78, 5) is 17.8. The Morgan fingerprint density at radius 2 is 1.68 bits per heavy atom. The molecule has 0 aromatic carbocycles. The lowest BCUT2D eigenvalue weighted by Crippen LogP contribution is -2.15. The Bertz CT molecular complexity index is 645. The molecule has 2 rings (SSSR count). The van der Waals surface area contributed by atoms with Crippen molar-refractivity contribution in [3.8, 4) is 0 Å². The summed E-state index contributed by atoms with van der Waals surface area (Å²) in [6, 6.07) is 0. The molecule has 0 unspecified atom stereocenters. The minimum Gasteiger partial charge on any atom is -0.379 e. The fourth-order valence-electron chi connectivity index (χ4n) is 1.37. The average Bonchev–Trinajstić information content (AvgIpc) is 2.99. The summed E-state index contributed by atoms with van der Waals surface area (Å²) >= 11 is 0. The van der Waals surface area contributed by atoms with Crippen molar-refractivity contribution < 1.29 is 0 Å². The molecule has 8 heteroatoms. The third-order valence-electron chi connectivity index (χ3n) is 2.26. The van der Waals surface area contributed by atoms with Crippen LogP contribution in [0.5, 0.6) is 0 Å². The molecule has 2 aromatic rings. The first-order valence-corrected chi connectivity index (χ1v) is 5.52. The smallest absolute Gasteiger partial charge is 0.217 e. The number of nitrogens with two attached hydrogens (primary N) is 1. The molecule has 2 aromatic heterocycles. The third-order valence-corrected chi connectivity index (χ3v) is 2.26. The summed E-state index contributed by atoms with van der Waals surface area (Å²) in [7, 11) is 0. The van der Waals surface area contributed by atoms with Crippen LogP contribution in [-0.4, -0.2) is 38.3 Å². The number of aryl methyl sites for hydroxylation is 2. The maximum absolute atomic E-state index is 5.75. The summed E-state index contributed by atoms with van der Waals surface area (Å²) in [5, 5.41) is 7.77. The van der Waals surface area contributed by atoms with Crippen molar-refractivity contribution in [1.82, 2.24) is 19.9 Å². The van der Waals surface area contributed by atoms with Gasteiger partial charge in [0.05, 0.1) is 0 Å². The van der Waals surface area contributed by atoms with Gasteiger partial charge in [0.2, 0.25) is 5.84 Å². The minimum absolute atomic E-state index is 0.164. The second-order valence-corrected chi connectivity index (χ2v) is 3.90. The Labute approximate surface area is 109 Å². The van der Waals surface area contributed by atoms with E-state index in [0.29, 0.717) is 11.6 Å². The van der Waals surface area contributed by atoms with Crippen LogP contribution in [0.25, 0.3) is 0 Å². The summed E-state index contributed by atoms with van der Waals surface area (Å²) < 4.78 is 0. The van der Waals surface area contributed by atoms with Gasteiger partial charge in [0.1, 0.15) is 0 Å². The molecule has 0 atom stereocenters. The van der Waals surface area contributed by atoms with Crippen LogP contribution in [0.1, 0.15) is 23.0 Å². The topological polar surface area (TPSA) is 120 Å². The fourth-order valence-corrected chi connectivity index (χ4v) is 1.37. The zero-order valence-corrected chi connectivity index (χ0v) is 10.7. The number of nitrogens with zero attached hydrogens (tertiary/aromatic N) is 5. The van der Waals surface area contributed by atoms with E-state index >= 15 is 0 Å². The first-order chi connectivity index (χ1) is 9.10. The summed E-state index contributed by atoms with van der Waals surface area (Å²) in [5.41, 5.74) is 7.53.